The number of hydrogen-bond donors (Lipinski definition) is 3. The number of fused-ring (bicyclic) bond motifs is 1. The van der Waals surface area contributed by atoms with Crippen molar-refractivity contribution in [3.63, 3.8) is 0 Å². The molecule has 0 radical (unpaired) electrons. The van der Waals surface area contributed by atoms with Crippen molar-refractivity contribution < 1.29 is 8.76 Å². The molecule has 22 heavy (non-hydrogen) atoms. The van der Waals surface area contributed by atoms with Crippen LogP contribution in [-0.2, 0) is 14.4 Å². The SMILES string of the molecule is C[C@]1(NC(=S)Nc2ccc3ccccc3c2)CC[S+](=O)(O)C1. The van der Waals surface area contributed by atoms with Gasteiger partial charge in [-0.25, -0.2) is 0 Å². The summed E-state index contributed by atoms with van der Waals surface area (Å²) in [5, 5.41) is 9.14. The molecule has 1 aliphatic heterocycles. The lowest BCUT2D eigenvalue weighted by molar-refractivity contribution is 0.466. The highest BCUT2D eigenvalue weighted by Crippen LogP contribution is 2.26. The minimum absolute atomic E-state index is 0.236. The first-order valence-electron chi connectivity index (χ1n) is 7.15. The van der Waals surface area contributed by atoms with Crippen molar-refractivity contribution in [1.29, 1.82) is 0 Å². The predicted octanol–water partition coefficient (Wildman–Crippen LogP) is 3.26. The van der Waals surface area contributed by atoms with E-state index in [1.54, 1.807) is 0 Å². The molecule has 3 N–H and O–H groups in total. The molecule has 0 aliphatic carbocycles. The summed E-state index contributed by atoms with van der Waals surface area (Å²) in [6, 6.07) is 14.2. The Morgan fingerprint density at radius 2 is 2.00 bits per heavy atom. The van der Waals surface area contributed by atoms with Crippen molar-refractivity contribution >= 4 is 44.0 Å². The zero-order valence-electron chi connectivity index (χ0n) is 12.3. The summed E-state index contributed by atoms with van der Waals surface area (Å²) in [5.41, 5.74) is 0.481. The van der Waals surface area contributed by atoms with Crippen LogP contribution in [0.4, 0.5) is 5.69 Å². The van der Waals surface area contributed by atoms with Gasteiger partial charge >= 0.3 is 0 Å². The van der Waals surface area contributed by atoms with Crippen LogP contribution in [-0.4, -0.2) is 26.7 Å². The molecule has 0 aromatic heterocycles. The molecule has 0 amide bonds. The van der Waals surface area contributed by atoms with Crippen LogP contribution in [0.3, 0.4) is 0 Å². The van der Waals surface area contributed by atoms with Gasteiger partial charge in [-0.05, 0) is 42.0 Å². The summed E-state index contributed by atoms with van der Waals surface area (Å²) in [6.07, 6.45) is 0.641. The van der Waals surface area contributed by atoms with E-state index in [1.807, 2.05) is 37.3 Å². The minimum Gasteiger partial charge on any atom is -0.352 e. The van der Waals surface area contributed by atoms with Gasteiger partial charge in [0.25, 0.3) is 0 Å². The molecule has 116 valence electrons. The second-order valence-corrected chi connectivity index (χ2v) is 8.72. The summed E-state index contributed by atoms with van der Waals surface area (Å²) >= 11 is 5.35. The highest BCUT2D eigenvalue weighted by molar-refractivity contribution is 7.98. The van der Waals surface area contributed by atoms with Crippen molar-refractivity contribution in [2.75, 3.05) is 16.8 Å². The van der Waals surface area contributed by atoms with E-state index in [0.717, 1.165) is 11.1 Å². The summed E-state index contributed by atoms with van der Waals surface area (Å²) in [6.45, 7) is 1.93. The van der Waals surface area contributed by atoms with Crippen molar-refractivity contribution in [1.82, 2.24) is 5.32 Å². The molecular formula is C16H19N2O2S2+. The molecule has 4 nitrogen and oxygen atoms in total. The topological polar surface area (TPSA) is 61.4 Å². The highest BCUT2D eigenvalue weighted by atomic mass is 32.3. The van der Waals surface area contributed by atoms with Crippen LogP contribution in [0.2, 0.25) is 0 Å². The molecule has 2 aromatic rings. The van der Waals surface area contributed by atoms with Crippen molar-refractivity contribution in [2.45, 2.75) is 18.9 Å². The van der Waals surface area contributed by atoms with E-state index in [4.69, 9.17) is 12.2 Å². The number of rotatable bonds is 2. The van der Waals surface area contributed by atoms with E-state index in [-0.39, 0.29) is 5.75 Å². The summed E-state index contributed by atoms with van der Waals surface area (Å²) in [7, 11) is -2.70. The molecule has 3 rings (SSSR count). The van der Waals surface area contributed by atoms with Gasteiger partial charge in [0.1, 0.15) is 5.75 Å². The Kier molecular flexibility index (Phi) is 3.92. The van der Waals surface area contributed by atoms with Crippen LogP contribution in [0.25, 0.3) is 10.8 Å². The van der Waals surface area contributed by atoms with Crippen LogP contribution in [0.5, 0.6) is 0 Å². The lowest BCUT2D eigenvalue weighted by Gasteiger charge is -2.24. The third-order valence-electron chi connectivity index (χ3n) is 3.94. The molecule has 2 aromatic carbocycles. The zero-order chi connectivity index (χ0) is 15.8. The molecule has 1 aliphatic rings. The summed E-state index contributed by atoms with van der Waals surface area (Å²) in [4.78, 5) is 0. The first-order chi connectivity index (χ1) is 10.4. The van der Waals surface area contributed by atoms with Crippen LogP contribution in [0.1, 0.15) is 13.3 Å². The van der Waals surface area contributed by atoms with Crippen molar-refractivity contribution in [2.24, 2.45) is 0 Å². The maximum absolute atomic E-state index is 11.7. The van der Waals surface area contributed by atoms with E-state index in [0.29, 0.717) is 17.3 Å². The maximum Gasteiger partial charge on any atom is 0.216 e. The standard InChI is InChI=1S/C16H18N2O2S2/c1-16(8-9-22(19,20)11-16)18-15(21)17-14-7-6-12-4-2-3-5-13(12)10-14/h2-7,10H,8-9,11H2,1H3,(H2-,17,18,19,20,21)/p+1/t16-/m0/s1. The normalized spacial score (nSPS) is 27.7. The lowest BCUT2D eigenvalue weighted by Crippen LogP contribution is -2.48. The lowest BCUT2D eigenvalue weighted by atomic mass is 10.0. The van der Waals surface area contributed by atoms with Gasteiger partial charge in [-0.3, -0.25) is 0 Å². The number of benzene rings is 2. The minimum atomic E-state index is -2.70. The fourth-order valence-electron chi connectivity index (χ4n) is 2.83. The van der Waals surface area contributed by atoms with E-state index < -0.39 is 15.8 Å². The molecule has 0 spiro atoms. The Balaban J connectivity index is 1.69. The number of anilines is 1. The molecule has 1 unspecified atom stereocenters. The Bertz CT molecular complexity index is 778. The highest BCUT2D eigenvalue weighted by Gasteiger charge is 2.47. The molecule has 6 heteroatoms. The first kappa shape index (κ1) is 15.4. The number of hydrogen-bond acceptors (Lipinski definition) is 2. The average Bonchev–Trinajstić information content (AvgIpc) is 2.72. The zero-order valence-corrected chi connectivity index (χ0v) is 14.0. The Morgan fingerprint density at radius 1 is 1.27 bits per heavy atom. The second-order valence-electron chi connectivity index (χ2n) is 6.07. The number of thiocarbonyl (C=S) groups is 1. The van der Waals surface area contributed by atoms with Gasteiger partial charge in [0.2, 0.25) is 10.2 Å². The fraction of sp³-hybridized carbons (Fsp3) is 0.312. The third kappa shape index (κ3) is 3.45. The molecule has 2 atom stereocenters. The van der Waals surface area contributed by atoms with Gasteiger partial charge in [-0.2, -0.15) is 4.55 Å². The van der Waals surface area contributed by atoms with Crippen molar-refractivity contribution in [3.05, 3.63) is 42.5 Å². The smallest absolute Gasteiger partial charge is 0.216 e. The average molecular weight is 335 g/mol. The van der Waals surface area contributed by atoms with Gasteiger partial charge in [0, 0.05) is 12.1 Å². The summed E-state index contributed by atoms with van der Waals surface area (Å²) in [5.74, 6) is 0.564. The molecular weight excluding hydrogens is 316 g/mol. The van der Waals surface area contributed by atoms with E-state index in [2.05, 4.69) is 22.8 Å². The number of nitrogens with one attached hydrogen (secondary N) is 2. The predicted molar refractivity (Wildman–Crippen MR) is 96.7 cm³/mol. The van der Waals surface area contributed by atoms with Crippen LogP contribution < -0.4 is 10.6 Å². The molecule has 1 fully saturated rings. The van der Waals surface area contributed by atoms with Gasteiger partial charge in [0.15, 0.2) is 10.9 Å². The van der Waals surface area contributed by atoms with E-state index in [1.165, 1.54) is 5.39 Å². The fourth-order valence-corrected chi connectivity index (χ4v) is 5.32. The summed E-state index contributed by atoms with van der Waals surface area (Å²) < 4.78 is 21.4. The van der Waals surface area contributed by atoms with Crippen LogP contribution in [0, 0.1) is 0 Å². The van der Waals surface area contributed by atoms with Crippen LogP contribution in [0.15, 0.2) is 42.5 Å². The van der Waals surface area contributed by atoms with Gasteiger partial charge in [-0.1, -0.05) is 34.5 Å². The largest absolute Gasteiger partial charge is 0.352 e. The van der Waals surface area contributed by atoms with Gasteiger partial charge < -0.3 is 10.6 Å². The van der Waals surface area contributed by atoms with Crippen LogP contribution >= 0.6 is 12.2 Å². The van der Waals surface area contributed by atoms with E-state index >= 15 is 0 Å². The first-order valence-corrected chi connectivity index (χ1v) is 9.41. The molecule has 1 saturated heterocycles. The third-order valence-corrected chi connectivity index (χ3v) is 6.07. The molecule has 0 bridgehead atoms. The maximum atomic E-state index is 11.7. The van der Waals surface area contributed by atoms with E-state index in [9.17, 15) is 8.76 Å². The second kappa shape index (κ2) is 5.61. The Morgan fingerprint density at radius 3 is 2.68 bits per heavy atom. The monoisotopic (exact) mass is 335 g/mol. The molecule has 0 saturated carbocycles. The van der Waals surface area contributed by atoms with Gasteiger partial charge in [0.05, 0.1) is 5.54 Å². The quantitative estimate of drug-likeness (QED) is 0.581. The molecule has 1 heterocycles. The Labute approximate surface area is 136 Å². The Hall–Kier alpha value is -1.50. The van der Waals surface area contributed by atoms with Gasteiger partial charge in [-0.15, -0.1) is 0 Å². The van der Waals surface area contributed by atoms with Crippen molar-refractivity contribution in [3.8, 4) is 0 Å².